The number of nitrogens with zero attached hydrogens (tertiary/aromatic N) is 1. The Labute approximate surface area is 165 Å². The molecule has 0 aliphatic rings. The van der Waals surface area contributed by atoms with Crippen LogP contribution in [0, 0.1) is 0 Å². The fourth-order valence-corrected chi connectivity index (χ4v) is 2.57. The summed E-state index contributed by atoms with van der Waals surface area (Å²) in [6.07, 6.45) is 0. The normalized spacial score (nSPS) is 11.0. The van der Waals surface area contributed by atoms with Crippen LogP contribution in [0.15, 0.2) is 47.3 Å². The fraction of sp³-hybridized carbons (Fsp3) is 0.0667. The Morgan fingerprint density at radius 3 is 2.52 bits per heavy atom. The Balaban J connectivity index is 0.00000225. The maximum absolute atomic E-state index is 12.1. The Morgan fingerprint density at radius 2 is 1.84 bits per heavy atom. The molecule has 0 bridgehead atoms. The number of ether oxygens (including phenoxy) is 1. The summed E-state index contributed by atoms with van der Waals surface area (Å²) in [6, 6.07) is 11.0. The summed E-state index contributed by atoms with van der Waals surface area (Å²) in [5.41, 5.74) is 0.667. The molecule has 3 rings (SSSR count). The first-order valence-electron chi connectivity index (χ1n) is 6.70. The molecule has 1 heterocycles. The summed E-state index contributed by atoms with van der Waals surface area (Å²) in [4.78, 5) is 19.1. The van der Waals surface area contributed by atoms with E-state index in [9.17, 15) is 17.8 Å². The zero-order chi connectivity index (χ0) is 17.3. The average Bonchev–Trinajstić information content (AvgIpc) is 2.54. The van der Waals surface area contributed by atoms with Gasteiger partial charge in [-0.05, 0) is 30.3 Å². The molecule has 0 saturated carbocycles. The van der Waals surface area contributed by atoms with Gasteiger partial charge in [-0.25, -0.2) is 13.4 Å². The number of hydrogen-bond acceptors (Lipinski definition) is 7. The van der Waals surface area contributed by atoms with E-state index in [1.54, 1.807) is 24.3 Å². The smallest absolute Gasteiger partial charge is 0.716 e. The molecule has 3 aromatic rings. The first kappa shape index (κ1) is 19.4. The van der Waals surface area contributed by atoms with Gasteiger partial charge in [-0.2, -0.15) is 0 Å². The minimum atomic E-state index is -4.93. The van der Waals surface area contributed by atoms with Crippen molar-refractivity contribution in [1.82, 2.24) is 9.97 Å². The van der Waals surface area contributed by atoms with Crippen molar-refractivity contribution < 1.29 is 51.4 Å². The molecule has 124 valence electrons. The predicted molar refractivity (Wildman–Crippen MR) is 84.7 cm³/mol. The molecule has 0 radical (unpaired) electrons. The van der Waals surface area contributed by atoms with Crippen LogP contribution < -0.4 is 44.0 Å². The van der Waals surface area contributed by atoms with Crippen molar-refractivity contribution in [3.8, 4) is 22.9 Å². The summed E-state index contributed by atoms with van der Waals surface area (Å²) in [5.74, 6) is 0.0376. The van der Waals surface area contributed by atoms with E-state index in [-0.39, 0.29) is 52.4 Å². The molecule has 0 spiro atoms. The molecule has 8 nitrogen and oxygen atoms in total. The van der Waals surface area contributed by atoms with Crippen molar-refractivity contribution in [3.05, 3.63) is 52.8 Å². The van der Waals surface area contributed by atoms with E-state index in [0.717, 1.165) is 0 Å². The number of benzene rings is 2. The Hall–Kier alpha value is -1.91. The molecule has 0 atom stereocenters. The summed E-state index contributed by atoms with van der Waals surface area (Å²) >= 11 is 0. The van der Waals surface area contributed by atoms with Crippen LogP contribution >= 0.6 is 0 Å². The minimum absolute atomic E-state index is 0. The molecule has 0 saturated heterocycles. The Bertz CT molecular complexity index is 1080. The van der Waals surface area contributed by atoms with Crippen molar-refractivity contribution >= 4 is 21.3 Å². The molecule has 1 N–H and O–H groups in total. The monoisotopic (exact) mass is 370 g/mol. The number of rotatable bonds is 4. The van der Waals surface area contributed by atoms with Gasteiger partial charge in [-0.3, -0.25) is 4.79 Å². The number of methoxy groups -OCH3 is 1. The second-order valence-corrected chi connectivity index (χ2v) is 5.77. The van der Waals surface area contributed by atoms with Gasteiger partial charge in [0, 0.05) is 5.56 Å². The summed E-state index contributed by atoms with van der Waals surface area (Å²) in [7, 11) is -3.63. The second kappa shape index (κ2) is 7.54. The van der Waals surface area contributed by atoms with Gasteiger partial charge in [0.2, 0.25) is 0 Å². The van der Waals surface area contributed by atoms with Crippen LogP contribution in [0.1, 0.15) is 0 Å². The van der Waals surface area contributed by atoms with Crippen LogP contribution in [0.25, 0.3) is 22.3 Å². The molecular formula is C15H11N2NaO6S. The van der Waals surface area contributed by atoms with Crippen LogP contribution in [0.5, 0.6) is 11.5 Å². The topological polar surface area (TPSA) is 121 Å². The number of H-pyrrole nitrogens is 1. The molecule has 0 fully saturated rings. The number of hydrogen-bond donors (Lipinski definition) is 1. The quantitative estimate of drug-likeness (QED) is 0.335. The van der Waals surface area contributed by atoms with Gasteiger partial charge in [0.25, 0.3) is 16.0 Å². The van der Waals surface area contributed by atoms with E-state index in [1.807, 2.05) is 0 Å². The van der Waals surface area contributed by atoms with Crippen LogP contribution in [0.4, 0.5) is 0 Å². The van der Waals surface area contributed by atoms with Gasteiger partial charge in [0.15, 0.2) is 11.5 Å². The van der Waals surface area contributed by atoms with Gasteiger partial charge in [-0.1, -0.05) is 12.1 Å². The molecule has 0 unspecified atom stereocenters. The van der Waals surface area contributed by atoms with Gasteiger partial charge < -0.3 is 18.5 Å². The molecule has 2 aromatic carbocycles. The molecule has 0 aliphatic heterocycles. The largest absolute Gasteiger partial charge is 1.00 e. The Morgan fingerprint density at radius 1 is 1.12 bits per heavy atom. The third-order valence-electron chi connectivity index (χ3n) is 3.24. The van der Waals surface area contributed by atoms with E-state index >= 15 is 0 Å². The van der Waals surface area contributed by atoms with E-state index in [1.165, 1.54) is 25.3 Å². The van der Waals surface area contributed by atoms with E-state index in [2.05, 4.69) is 14.2 Å². The molecule has 10 heteroatoms. The van der Waals surface area contributed by atoms with Gasteiger partial charge in [0.1, 0.15) is 5.82 Å². The maximum atomic E-state index is 12.1. The van der Waals surface area contributed by atoms with Crippen LogP contribution in [-0.4, -0.2) is 30.0 Å². The minimum Gasteiger partial charge on any atom is -0.716 e. The molecule has 25 heavy (non-hydrogen) atoms. The number of para-hydroxylation sites is 1. The Kier molecular flexibility index (Phi) is 5.86. The number of fused-ring (bicyclic) bond motifs is 1. The van der Waals surface area contributed by atoms with E-state index in [0.29, 0.717) is 16.5 Å². The third kappa shape index (κ3) is 4.39. The van der Waals surface area contributed by atoms with Crippen LogP contribution in [0.3, 0.4) is 0 Å². The standard InChI is InChI=1S/C15H12N2O6S.Na/c1-22-13-8-9(6-7-12(13)23-24(19,20)21)14-16-11-5-3-2-4-10(11)15(18)17-14;/h2-8H,1H3,(H,16,17,18)(H,19,20,21);/q;+1/p-1. The summed E-state index contributed by atoms with van der Waals surface area (Å²) in [5, 5.41) is 0.450. The van der Waals surface area contributed by atoms with Gasteiger partial charge in [-0.15, -0.1) is 0 Å². The third-order valence-corrected chi connectivity index (χ3v) is 3.63. The fourth-order valence-electron chi connectivity index (χ4n) is 2.22. The van der Waals surface area contributed by atoms with Gasteiger partial charge in [0.05, 0.1) is 18.0 Å². The predicted octanol–water partition coefficient (Wildman–Crippen LogP) is -1.56. The number of aromatic nitrogens is 2. The average molecular weight is 370 g/mol. The van der Waals surface area contributed by atoms with Crippen LogP contribution in [-0.2, 0) is 10.4 Å². The van der Waals surface area contributed by atoms with Crippen molar-refractivity contribution in [3.63, 3.8) is 0 Å². The first-order valence-corrected chi connectivity index (χ1v) is 8.03. The van der Waals surface area contributed by atoms with Crippen molar-refractivity contribution in [2.45, 2.75) is 0 Å². The van der Waals surface area contributed by atoms with Gasteiger partial charge >= 0.3 is 29.6 Å². The summed E-state index contributed by atoms with van der Waals surface area (Å²) < 4.78 is 41.5. The van der Waals surface area contributed by atoms with Crippen molar-refractivity contribution in [2.24, 2.45) is 0 Å². The SMILES string of the molecule is COc1cc(-c2nc3ccccc3c(=O)[nH]2)ccc1OS(=O)(=O)[O-].[Na+]. The zero-order valence-electron chi connectivity index (χ0n) is 13.3. The molecule has 0 amide bonds. The van der Waals surface area contributed by atoms with Crippen molar-refractivity contribution in [1.29, 1.82) is 0 Å². The molecule has 1 aromatic heterocycles. The van der Waals surface area contributed by atoms with Crippen LogP contribution in [0.2, 0.25) is 0 Å². The maximum Gasteiger partial charge on any atom is 1.00 e. The molecular weight excluding hydrogens is 359 g/mol. The van der Waals surface area contributed by atoms with E-state index in [4.69, 9.17) is 4.74 Å². The molecule has 0 aliphatic carbocycles. The second-order valence-electron chi connectivity index (χ2n) is 4.79. The first-order chi connectivity index (χ1) is 11.4. The number of nitrogens with one attached hydrogen (secondary N) is 1. The van der Waals surface area contributed by atoms with Crippen molar-refractivity contribution in [2.75, 3.05) is 7.11 Å². The zero-order valence-corrected chi connectivity index (χ0v) is 16.2. The van der Waals surface area contributed by atoms with E-state index < -0.39 is 10.4 Å². The number of aromatic amines is 1. The summed E-state index contributed by atoms with van der Waals surface area (Å²) in [6.45, 7) is 0.